The van der Waals surface area contributed by atoms with Crippen LogP contribution in [0.25, 0.3) is 0 Å². The fourth-order valence-electron chi connectivity index (χ4n) is 2.49. The Morgan fingerprint density at radius 2 is 1.95 bits per heavy atom. The topological polar surface area (TPSA) is 59.3 Å². The highest BCUT2D eigenvalue weighted by Crippen LogP contribution is 2.22. The zero-order chi connectivity index (χ0) is 13.7. The molecule has 0 radical (unpaired) electrons. The van der Waals surface area contributed by atoms with Gasteiger partial charge in [-0.3, -0.25) is 4.90 Å². The molecule has 1 unspecified atom stereocenters. The average Bonchev–Trinajstić information content (AvgIpc) is 2.47. The number of phenolic OH excluding ortho intramolecular Hbond substituents is 1. The number of rotatable bonds is 4. The van der Waals surface area contributed by atoms with Crippen LogP contribution in [-0.4, -0.2) is 41.7 Å². The van der Waals surface area contributed by atoms with Crippen molar-refractivity contribution < 1.29 is 5.11 Å². The lowest BCUT2D eigenvalue weighted by Crippen LogP contribution is -2.54. The standard InChI is InChI=1S/C15H21N3O/c1-15(12-16,18-10-8-17-9-11-18)7-6-13-2-4-14(19)5-3-13/h2-5,17,19H,6-11H2,1H3. The minimum atomic E-state index is -0.403. The summed E-state index contributed by atoms with van der Waals surface area (Å²) in [6.07, 6.45) is 1.67. The summed E-state index contributed by atoms with van der Waals surface area (Å²) in [7, 11) is 0. The molecule has 4 nitrogen and oxygen atoms in total. The summed E-state index contributed by atoms with van der Waals surface area (Å²) in [5, 5.41) is 22.1. The van der Waals surface area contributed by atoms with Crippen LogP contribution in [0, 0.1) is 11.3 Å². The van der Waals surface area contributed by atoms with Crippen molar-refractivity contribution in [2.24, 2.45) is 0 Å². The zero-order valence-corrected chi connectivity index (χ0v) is 11.4. The second kappa shape index (κ2) is 6.05. The Bertz CT molecular complexity index is 445. The second-order valence-corrected chi connectivity index (χ2v) is 5.29. The van der Waals surface area contributed by atoms with Crippen LogP contribution in [0.4, 0.5) is 0 Å². The van der Waals surface area contributed by atoms with E-state index >= 15 is 0 Å². The summed E-state index contributed by atoms with van der Waals surface area (Å²) in [4.78, 5) is 2.27. The first-order valence-electron chi connectivity index (χ1n) is 6.79. The predicted octanol–water partition coefficient (Wildman–Crippen LogP) is 1.51. The molecule has 0 aromatic heterocycles. The molecule has 1 aromatic rings. The molecule has 4 heteroatoms. The quantitative estimate of drug-likeness (QED) is 0.860. The Kier molecular flexibility index (Phi) is 4.41. The minimum Gasteiger partial charge on any atom is -0.508 e. The number of aromatic hydroxyl groups is 1. The van der Waals surface area contributed by atoms with E-state index in [0.717, 1.165) is 44.6 Å². The van der Waals surface area contributed by atoms with Gasteiger partial charge >= 0.3 is 0 Å². The lowest BCUT2D eigenvalue weighted by Gasteiger charge is -2.38. The highest BCUT2D eigenvalue weighted by atomic mass is 16.3. The van der Waals surface area contributed by atoms with E-state index in [9.17, 15) is 10.4 Å². The third kappa shape index (κ3) is 3.46. The number of nitriles is 1. The molecule has 1 fully saturated rings. The number of aryl methyl sites for hydroxylation is 1. The van der Waals surface area contributed by atoms with Gasteiger partial charge in [-0.2, -0.15) is 5.26 Å². The second-order valence-electron chi connectivity index (χ2n) is 5.29. The van der Waals surface area contributed by atoms with E-state index in [0.29, 0.717) is 0 Å². The van der Waals surface area contributed by atoms with E-state index in [1.54, 1.807) is 12.1 Å². The summed E-state index contributed by atoms with van der Waals surface area (Å²) in [6, 6.07) is 9.72. The molecule has 1 aliphatic rings. The van der Waals surface area contributed by atoms with Crippen molar-refractivity contribution in [3.63, 3.8) is 0 Å². The summed E-state index contributed by atoms with van der Waals surface area (Å²) < 4.78 is 0. The molecule has 2 N–H and O–H groups in total. The van der Waals surface area contributed by atoms with Gasteiger partial charge in [-0.1, -0.05) is 12.1 Å². The van der Waals surface area contributed by atoms with Crippen molar-refractivity contribution in [3.05, 3.63) is 29.8 Å². The first-order valence-corrected chi connectivity index (χ1v) is 6.79. The highest BCUT2D eigenvalue weighted by molar-refractivity contribution is 5.26. The van der Waals surface area contributed by atoms with Crippen LogP contribution < -0.4 is 5.32 Å². The maximum absolute atomic E-state index is 9.51. The average molecular weight is 259 g/mol. The lowest BCUT2D eigenvalue weighted by molar-refractivity contribution is 0.125. The summed E-state index contributed by atoms with van der Waals surface area (Å²) in [5.74, 6) is 0.286. The summed E-state index contributed by atoms with van der Waals surface area (Å²) in [5.41, 5.74) is 0.759. The Labute approximate surface area is 114 Å². The van der Waals surface area contributed by atoms with Crippen molar-refractivity contribution in [3.8, 4) is 11.8 Å². The SMILES string of the molecule is CC(C#N)(CCc1ccc(O)cc1)N1CCNCC1. The molecule has 1 saturated heterocycles. The Morgan fingerprint density at radius 1 is 1.32 bits per heavy atom. The number of benzene rings is 1. The number of phenols is 1. The molecule has 0 aliphatic carbocycles. The molecule has 1 atom stereocenters. The maximum Gasteiger partial charge on any atom is 0.115 e. The van der Waals surface area contributed by atoms with Gasteiger partial charge in [-0.15, -0.1) is 0 Å². The van der Waals surface area contributed by atoms with Gasteiger partial charge in [0.15, 0.2) is 0 Å². The van der Waals surface area contributed by atoms with E-state index in [4.69, 9.17) is 0 Å². The molecular weight excluding hydrogens is 238 g/mol. The fourth-order valence-corrected chi connectivity index (χ4v) is 2.49. The van der Waals surface area contributed by atoms with Gasteiger partial charge in [-0.05, 0) is 37.5 Å². The van der Waals surface area contributed by atoms with Gasteiger partial charge in [0.05, 0.1) is 6.07 Å². The molecule has 1 aliphatic heterocycles. The lowest BCUT2D eigenvalue weighted by atomic mass is 9.92. The van der Waals surface area contributed by atoms with Crippen LogP contribution >= 0.6 is 0 Å². The van der Waals surface area contributed by atoms with Crippen molar-refractivity contribution in [2.45, 2.75) is 25.3 Å². The summed E-state index contributed by atoms with van der Waals surface area (Å²) >= 11 is 0. The molecule has 1 heterocycles. The van der Waals surface area contributed by atoms with E-state index in [-0.39, 0.29) is 5.75 Å². The van der Waals surface area contributed by atoms with Crippen molar-refractivity contribution in [2.75, 3.05) is 26.2 Å². The molecule has 0 spiro atoms. The molecule has 1 aromatic carbocycles. The van der Waals surface area contributed by atoms with Crippen molar-refractivity contribution >= 4 is 0 Å². The Morgan fingerprint density at radius 3 is 2.53 bits per heavy atom. The molecule has 0 saturated carbocycles. The number of nitrogens with zero attached hydrogens (tertiary/aromatic N) is 2. The fraction of sp³-hybridized carbons (Fsp3) is 0.533. The van der Waals surface area contributed by atoms with Crippen LogP contribution in [0.5, 0.6) is 5.75 Å². The molecule has 19 heavy (non-hydrogen) atoms. The molecule has 2 rings (SSSR count). The number of nitrogens with one attached hydrogen (secondary N) is 1. The number of hydrogen-bond acceptors (Lipinski definition) is 4. The van der Waals surface area contributed by atoms with Gasteiger partial charge in [0, 0.05) is 26.2 Å². The van der Waals surface area contributed by atoms with Gasteiger partial charge in [0.2, 0.25) is 0 Å². The van der Waals surface area contributed by atoms with E-state index in [1.807, 2.05) is 19.1 Å². The Hall–Kier alpha value is -1.57. The van der Waals surface area contributed by atoms with Crippen molar-refractivity contribution in [1.82, 2.24) is 10.2 Å². The highest BCUT2D eigenvalue weighted by Gasteiger charge is 2.32. The van der Waals surface area contributed by atoms with Gasteiger partial charge in [0.25, 0.3) is 0 Å². The van der Waals surface area contributed by atoms with Crippen molar-refractivity contribution in [1.29, 1.82) is 5.26 Å². The molecular formula is C15H21N3O. The first-order chi connectivity index (χ1) is 9.14. The minimum absolute atomic E-state index is 0.286. The van der Waals surface area contributed by atoms with Crippen LogP contribution in [0.3, 0.4) is 0 Å². The van der Waals surface area contributed by atoms with Gasteiger partial charge in [-0.25, -0.2) is 0 Å². The maximum atomic E-state index is 9.51. The predicted molar refractivity (Wildman–Crippen MR) is 74.9 cm³/mol. The van der Waals surface area contributed by atoms with Crippen LogP contribution in [0.15, 0.2) is 24.3 Å². The molecule has 102 valence electrons. The summed E-state index contributed by atoms with van der Waals surface area (Å²) in [6.45, 7) is 5.80. The number of piperazine rings is 1. The van der Waals surface area contributed by atoms with E-state index in [2.05, 4.69) is 16.3 Å². The van der Waals surface area contributed by atoms with Crippen LogP contribution in [0.1, 0.15) is 18.9 Å². The van der Waals surface area contributed by atoms with Crippen LogP contribution in [-0.2, 0) is 6.42 Å². The van der Waals surface area contributed by atoms with Gasteiger partial charge < -0.3 is 10.4 Å². The van der Waals surface area contributed by atoms with E-state index in [1.165, 1.54) is 0 Å². The normalized spacial score (nSPS) is 19.6. The first kappa shape index (κ1) is 13.9. The Balaban J connectivity index is 1.98. The third-order valence-corrected chi connectivity index (χ3v) is 3.89. The zero-order valence-electron chi connectivity index (χ0n) is 11.4. The van der Waals surface area contributed by atoms with E-state index < -0.39 is 5.54 Å². The monoisotopic (exact) mass is 259 g/mol. The molecule has 0 amide bonds. The largest absolute Gasteiger partial charge is 0.508 e. The van der Waals surface area contributed by atoms with Gasteiger partial charge in [0.1, 0.15) is 11.3 Å². The third-order valence-electron chi connectivity index (χ3n) is 3.89. The molecule has 0 bridgehead atoms. The smallest absolute Gasteiger partial charge is 0.115 e. The number of hydrogen-bond donors (Lipinski definition) is 2. The van der Waals surface area contributed by atoms with Crippen LogP contribution in [0.2, 0.25) is 0 Å².